The Morgan fingerprint density at radius 3 is 2.89 bits per heavy atom. The third-order valence-electron chi connectivity index (χ3n) is 2.60. The summed E-state index contributed by atoms with van der Waals surface area (Å²) in [5.74, 6) is 0.573. The Kier molecular flexibility index (Phi) is 3.86. The van der Waals surface area contributed by atoms with Crippen molar-refractivity contribution in [3.8, 4) is 0 Å². The molecule has 1 aromatic rings. The van der Waals surface area contributed by atoms with E-state index in [1.807, 2.05) is 0 Å². The average molecular weight is 266 g/mol. The van der Waals surface area contributed by atoms with Crippen LogP contribution in [-0.2, 0) is 9.47 Å². The Hall–Kier alpha value is -1.15. The molecule has 102 valence electrons. The predicted molar refractivity (Wildman–Crippen MR) is 52.9 cm³/mol. The molecule has 8 heteroatoms. The zero-order valence-electron chi connectivity index (χ0n) is 9.74. The van der Waals surface area contributed by atoms with Gasteiger partial charge in [-0.2, -0.15) is 18.2 Å². The summed E-state index contributed by atoms with van der Waals surface area (Å²) in [6, 6.07) is 0. The Labute approximate surface area is 101 Å². The molecule has 0 N–H and O–H groups in total. The van der Waals surface area contributed by atoms with Gasteiger partial charge in [0.15, 0.2) is 5.82 Å². The minimum atomic E-state index is -4.36. The van der Waals surface area contributed by atoms with Gasteiger partial charge in [-0.3, -0.25) is 0 Å². The minimum Gasteiger partial charge on any atom is -0.381 e. The van der Waals surface area contributed by atoms with Crippen molar-refractivity contribution in [1.82, 2.24) is 10.1 Å². The molecule has 0 amide bonds. The van der Waals surface area contributed by atoms with Crippen molar-refractivity contribution in [1.29, 1.82) is 0 Å². The van der Waals surface area contributed by atoms with Crippen LogP contribution in [0.1, 0.15) is 37.1 Å². The van der Waals surface area contributed by atoms with Gasteiger partial charge in [0.1, 0.15) is 12.7 Å². The lowest BCUT2D eigenvalue weighted by Crippen LogP contribution is -2.18. The first kappa shape index (κ1) is 13.3. The van der Waals surface area contributed by atoms with E-state index in [1.54, 1.807) is 0 Å². The van der Waals surface area contributed by atoms with E-state index in [1.165, 1.54) is 6.92 Å². The molecule has 5 nitrogen and oxygen atoms in total. The fraction of sp³-hybridized carbons (Fsp3) is 0.800. The first-order valence-electron chi connectivity index (χ1n) is 5.55. The zero-order chi connectivity index (χ0) is 13.2. The lowest BCUT2D eigenvalue weighted by atomic mass is 10.1. The lowest BCUT2D eigenvalue weighted by Gasteiger charge is -2.10. The van der Waals surface area contributed by atoms with Crippen LogP contribution in [0.25, 0.3) is 0 Å². The topological polar surface area (TPSA) is 57.4 Å². The number of halogens is 3. The monoisotopic (exact) mass is 266 g/mol. The maximum atomic E-state index is 12.0. The largest absolute Gasteiger partial charge is 0.411 e. The standard InChI is InChI=1S/C10H13F3N2O3/c1-6(17-5-10(11,12)13)9-14-8(15-18-9)7-2-3-16-4-7/h6-7H,2-5H2,1H3/t6-,7-/m1/s1. The second-order valence-corrected chi connectivity index (χ2v) is 4.12. The van der Waals surface area contributed by atoms with E-state index in [2.05, 4.69) is 14.9 Å². The van der Waals surface area contributed by atoms with Crippen molar-refractivity contribution in [2.75, 3.05) is 19.8 Å². The van der Waals surface area contributed by atoms with Crippen LogP contribution < -0.4 is 0 Å². The first-order valence-corrected chi connectivity index (χ1v) is 5.55. The summed E-state index contributed by atoms with van der Waals surface area (Å²) in [4.78, 5) is 4.04. The second-order valence-electron chi connectivity index (χ2n) is 4.12. The number of ether oxygens (including phenoxy) is 2. The molecule has 0 spiro atoms. The van der Waals surface area contributed by atoms with E-state index >= 15 is 0 Å². The van der Waals surface area contributed by atoms with Crippen molar-refractivity contribution in [2.45, 2.75) is 31.5 Å². The van der Waals surface area contributed by atoms with Crippen LogP contribution in [0.2, 0.25) is 0 Å². The van der Waals surface area contributed by atoms with E-state index in [-0.39, 0.29) is 11.8 Å². The number of aromatic nitrogens is 2. The fourth-order valence-corrected chi connectivity index (χ4v) is 1.61. The maximum absolute atomic E-state index is 12.0. The summed E-state index contributed by atoms with van der Waals surface area (Å²) in [7, 11) is 0. The first-order chi connectivity index (χ1) is 8.46. The molecule has 0 radical (unpaired) electrons. The quantitative estimate of drug-likeness (QED) is 0.836. The number of hydrogen-bond donors (Lipinski definition) is 0. The van der Waals surface area contributed by atoms with Crippen LogP contribution in [0.4, 0.5) is 13.2 Å². The van der Waals surface area contributed by atoms with Crippen molar-refractivity contribution in [3.63, 3.8) is 0 Å². The fourth-order valence-electron chi connectivity index (χ4n) is 1.61. The molecule has 1 aromatic heterocycles. The molecule has 0 aliphatic carbocycles. The van der Waals surface area contributed by atoms with E-state index in [4.69, 9.17) is 9.26 Å². The molecular weight excluding hydrogens is 253 g/mol. The molecule has 2 atom stereocenters. The third kappa shape index (κ3) is 3.42. The Morgan fingerprint density at radius 2 is 2.28 bits per heavy atom. The highest BCUT2D eigenvalue weighted by molar-refractivity contribution is 4.98. The summed E-state index contributed by atoms with van der Waals surface area (Å²) < 4.78 is 50.6. The van der Waals surface area contributed by atoms with Gasteiger partial charge in [-0.05, 0) is 13.3 Å². The second kappa shape index (κ2) is 5.23. The summed E-state index contributed by atoms with van der Waals surface area (Å²) >= 11 is 0. The van der Waals surface area contributed by atoms with Crippen LogP contribution in [-0.4, -0.2) is 36.1 Å². The van der Waals surface area contributed by atoms with Gasteiger partial charge < -0.3 is 14.0 Å². The smallest absolute Gasteiger partial charge is 0.381 e. The molecule has 0 aromatic carbocycles. The van der Waals surface area contributed by atoms with Gasteiger partial charge in [0.05, 0.1) is 6.61 Å². The van der Waals surface area contributed by atoms with Crippen LogP contribution in [0.3, 0.4) is 0 Å². The summed E-state index contributed by atoms with van der Waals surface area (Å²) in [5.41, 5.74) is 0. The van der Waals surface area contributed by atoms with Gasteiger partial charge in [0.25, 0.3) is 5.89 Å². The molecule has 0 bridgehead atoms. The average Bonchev–Trinajstić information content (AvgIpc) is 2.94. The van der Waals surface area contributed by atoms with E-state index in [0.717, 1.165) is 6.42 Å². The zero-order valence-corrected chi connectivity index (χ0v) is 9.74. The number of hydrogen-bond acceptors (Lipinski definition) is 5. The van der Waals surface area contributed by atoms with Gasteiger partial charge in [0.2, 0.25) is 0 Å². The molecule has 1 aliphatic rings. The highest BCUT2D eigenvalue weighted by Gasteiger charge is 2.30. The van der Waals surface area contributed by atoms with Crippen molar-refractivity contribution < 1.29 is 27.2 Å². The summed E-state index contributed by atoms with van der Waals surface area (Å²) in [5, 5.41) is 3.74. The predicted octanol–water partition coefficient (Wildman–Crippen LogP) is 2.21. The molecule has 1 fully saturated rings. The summed E-state index contributed by atoms with van der Waals surface area (Å²) in [6.07, 6.45) is -4.46. The lowest BCUT2D eigenvalue weighted by molar-refractivity contribution is -0.186. The van der Waals surface area contributed by atoms with E-state index in [9.17, 15) is 13.2 Å². The van der Waals surface area contributed by atoms with Crippen molar-refractivity contribution in [3.05, 3.63) is 11.7 Å². The van der Waals surface area contributed by atoms with Gasteiger partial charge in [-0.15, -0.1) is 0 Å². The minimum absolute atomic E-state index is 0.0531. The van der Waals surface area contributed by atoms with Crippen molar-refractivity contribution >= 4 is 0 Å². The Morgan fingerprint density at radius 1 is 1.50 bits per heavy atom. The maximum Gasteiger partial charge on any atom is 0.411 e. The molecule has 1 saturated heterocycles. The molecule has 1 aliphatic heterocycles. The summed E-state index contributed by atoms with van der Waals surface area (Å²) in [6.45, 7) is 1.25. The Bertz CT molecular complexity index is 388. The highest BCUT2D eigenvalue weighted by Crippen LogP contribution is 2.25. The number of nitrogens with zero attached hydrogens (tertiary/aromatic N) is 2. The van der Waals surface area contributed by atoms with Gasteiger partial charge in [0, 0.05) is 12.5 Å². The van der Waals surface area contributed by atoms with Crippen LogP contribution in [0, 0.1) is 0 Å². The number of alkyl halides is 3. The molecule has 0 saturated carbocycles. The number of rotatable bonds is 4. The van der Waals surface area contributed by atoms with Crippen molar-refractivity contribution in [2.24, 2.45) is 0 Å². The molecule has 18 heavy (non-hydrogen) atoms. The van der Waals surface area contributed by atoms with Crippen LogP contribution >= 0.6 is 0 Å². The normalized spacial score (nSPS) is 22.3. The molecule has 2 rings (SSSR count). The van der Waals surface area contributed by atoms with Crippen LogP contribution in [0.15, 0.2) is 4.52 Å². The van der Waals surface area contributed by atoms with Gasteiger partial charge >= 0.3 is 6.18 Å². The van der Waals surface area contributed by atoms with Gasteiger partial charge in [-0.25, -0.2) is 0 Å². The molecule has 2 heterocycles. The third-order valence-corrected chi connectivity index (χ3v) is 2.60. The molecular formula is C10H13F3N2O3. The SMILES string of the molecule is C[C@@H](OCC(F)(F)F)c1nc([C@@H]2CCOC2)no1. The van der Waals surface area contributed by atoms with Gasteiger partial charge in [-0.1, -0.05) is 5.16 Å². The van der Waals surface area contributed by atoms with E-state index < -0.39 is 18.9 Å². The Balaban J connectivity index is 1.92. The van der Waals surface area contributed by atoms with E-state index in [0.29, 0.717) is 19.0 Å². The molecule has 0 unspecified atom stereocenters. The highest BCUT2D eigenvalue weighted by atomic mass is 19.4. The van der Waals surface area contributed by atoms with Crippen LogP contribution in [0.5, 0.6) is 0 Å².